The highest BCUT2D eigenvalue weighted by atomic mass is 15.2. The third kappa shape index (κ3) is 2.77. The standard InChI is InChI=1S/C21H24N2/c1-4-17-18-12-8-9-13-20(18)23(16-10-6-5-7-11-16)21(17)19(22)14-15(2)3/h5-13,17H,2,4,14,22H2,1,3H3/b21-19-. The molecule has 118 valence electrons. The van der Waals surface area contributed by atoms with E-state index in [9.17, 15) is 0 Å². The first-order valence-corrected chi connectivity index (χ1v) is 8.20. The van der Waals surface area contributed by atoms with Crippen molar-refractivity contribution in [2.75, 3.05) is 4.90 Å². The van der Waals surface area contributed by atoms with Gasteiger partial charge in [0, 0.05) is 35.1 Å². The number of hydrogen-bond donors (Lipinski definition) is 1. The van der Waals surface area contributed by atoms with Gasteiger partial charge < -0.3 is 10.6 Å². The van der Waals surface area contributed by atoms with Gasteiger partial charge in [0.15, 0.2) is 0 Å². The zero-order chi connectivity index (χ0) is 16.4. The van der Waals surface area contributed by atoms with Crippen LogP contribution in [0.15, 0.2) is 78.1 Å². The Hall–Kier alpha value is -2.48. The number of hydrogen-bond acceptors (Lipinski definition) is 2. The summed E-state index contributed by atoms with van der Waals surface area (Å²) < 4.78 is 0. The Labute approximate surface area is 138 Å². The molecule has 0 bridgehead atoms. The molecule has 23 heavy (non-hydrogen) atoms. The Morgan fingerprint density at radius 3 is 2.39 bits per heavy atom. The van der Waals surface area contributed by atoms with E-state index in [1.54, 1.807) is 0 Å². The van der Waals surface area contributed by atoms with Gasteiger partial charge in [-0.25, -0.2) is 0 Å². The predicted octanol–water partition coefficient (Wildman–Crippen LogP) is 5.47. The topological polar surface area (TPSA) is 29.3 Å². The zero-order valence-corrected chi connectivity index (χ0v) is 13.9. The Balaban J connectivity index is 2.21. The monoisotopic (exact) mass is 304 g/mol. The van der Waals surface area contributed by atoms with Gasteiger partial charge in [-0.1, -0.05) is 55.5 Å². The van der Waals surface area contributed by atoms with Crippen LogP contribution < -0.4 is 10.6 Å². The molecule has 0 amide bonds. The first-order valence-electron chi connectivity index (χ1n) is 8.20. The number of fused-ring (bicyclic) bond motifs is 1. The molecular weight excluding hydrogens is 280 g/mol. The molecule has 1 aliphatic heterocycles. The fraction of sp³-hybridized carbons (Fsp3) is 0.238. The van der Waals surface area contributed by atoms with Gasteiger partial charge >= 0.3 is 0 Å². The van der Waals surface area contributed by atoms with Crippen LogP contribution in [0, 0.1) is 0 Å². The highest BCUT2D eigenvalue weighted by molar-refractivity contribution is 5.78. The van der Waals surface area contributed by atoms with Gasteiger partial charge in [-0.3, -0.25) is 0 Å². The first kappa shape index (κ1) is 15.4. The van der Waals surface area contributed by atoms with E-state index in [1.807, 2.05) is 13.0 Å². The zero-order valence-electron chi connectivity index (χ0n) is 13.9. The lowest BCUT2D eigenvalue weighted by Crippen LogP contribution is -2.19. The maximum Gasteiger partial charge on any atom is 0.0498 e. The van der Waals surface area contributed by atoms with Crippen molar-refractivity contribution in [3.8, 4) is 0 Å². The molecule has 2 nitrogen and oxygen atoms in total. The summed E-state index contributed by atoms with van der Waals surface area (Å²) in [6.45, 7) is 8.29. The molecular formula is C21H24N2. The van der Waals surface area contributed by atoms with Crippen LogP contribution in [0.3, 0.4) is 0 Å². The van der Waals surface area contributed by atoms with Crippen molar-refractivity contribution in [1.29, 1.82) is 0 Å². The molecule has 2 N–H and O–H groups in total. The van der Waals surface area contributed by atoms with Crippen LogP contribution in [0.1, 0.15) is 38.2 Å². The second kappa shape index (κ2) is 6.33. The number of anilines is 2. The van der Waals surface area contributed by atoms with E-state index in [-0.39, 0.29) is 0 Å². The summed E-state index contributed by atoms with van der Waals surface area (Å²) in [6, 6.07) is 19.1. The van der Waals surface area contributed by atoms with Gasteiger partial charge in [0.1, 0.15) is 0 Å². The van der Waals surface area contributed by atoms with E-state index in [2.05, 4.69) is 66.9 Å². The Kier molecular flexibility index (Phi) is 4.24. The summed E-state index contributed by atoms with van der Waals surface area (Å²) in [5.41, 5.74) is 13.5. The van der Waals surface area contributed by atoms with Gasteiger partial charge in [-0.05, 0) is 37.1 Å². The molecule has 3 rings (SSSR count). The van der Waals surface area contributed by atoms with Crippen molar-refractivity contribution < 1.29 is 0 Å². The van der Waals surface area contributed by atoms with E-state index >= 15 is 0 Å². The maximum absolute atomic E-state index is 6.53. The largest absolute Gasteiger partial charge is 0.400 e. The number of nitrogens with two attached hydrogens (primary N) is 1. The van der Waals surface area contributed by atoms with Crippen LogP contribution in [0.4, 0.5) is 11.4 Å². The molecule has 0 fully saturated rings. The van der Waals surface area contributed by atoms with E-state index in [4.69, 9.17) is 5.73 Å². The van der Waals surface area contributed by atoms with Gasteiger partial charge in [0.05, 0.1) is 0 Å². The van der Waals surface area contributed by atoms with Crippen LogP contribution in [-0.4, -0.2) is 0 Å². The maximum atomic E-state index is 6.53. The Morgan fingerprint density at radius 2 is 1.74 bits per heavy atom. The van der Waals surface area contributed by atoms with Gasteiger partial charge in [0.2, 0.25) is 0 Å². The molecule has 0 saturated carbocycles. The number of rotatable bonds is 4. The highest BCUT2D eigenvalue weighted by Crippen LogP contribution is 2.49. The van der Waals surface area contributed by atoms with Crippen LogP contribution >= 0.6 is 0 Å². The third-order valence-corrected chi connectivity index (χ3v) is 4.37. The number of benzene rings is 2. The summed E-state index contributed by atoms with van der Waals surface area (Å²) in [4.78, 5) is 2.32. The Bertz CT molecular complexity index is 743. The molecule has 1 unspecified atom stereocenters. The minimum absolute atomic E-state index is 0.339. The van der Waals surface area contributed by atoms with Crippen molar-refractivity contribution in [2.45, 2.75) is 32.6 Å². The van der Waals surface area contributed by atoms with Crippen LogP contribution in [0.2, 0.25) is 0 Å². The average Bonchev–Trinajstić information content (AvgIpc) is 2.89. The normalized spacial score (nSPS) is 18.7. The molecule has 1 aliphatic rings. The third-order valence-electron chi connectivity index (χ3n) is 4.37. The van der Waals surface area contributed by atoms with E-state index in [0.717, 1.165) is 29.8 Å². The van der Waals surface area contributed by atoms with E-state index in [0.29, 0.717) is 5.92 Å². The van der Waals surface area contributed by atoms with E-state index in [1.165, 1.54) is 16.9 Å². The summed E-state index contributed by atoms with van der Waals surface area (Å²) in [5.74, 6) is 0.339. The van der Waals surface area contributed by atoms with Gasteiger partial charge in [0.25, 0.3) is 0 Å². The minimum atomic E-state index is 0.339. The van der Waals surface area contributed by atoms with Crippen molar-refractivity contribution in [2.24, 2.45) is 5.73 Å². The molecule has 1 heterocycles. The second-order valence-electron chi connectivity index (χ2n) is 6.23. The fourth-order valence-electron chi connectivity index (χ4n) is 3.47. The average molecular weight is 304 g/mol. The Morgan fingerprint density at radius 1 is 1.09 bits per heavy atom. The van der Waals surface area contributed by atoms with Crippen molar-refractivity contribution >= 4 is 11.4 Å². The molecule has 1 atom stereocenters. The van der Waals surface area contributed by atoms with Crippen LogP contribution in [0.25, 0.3) is 0 Å². The molecule has 0 spiro atoms. The lowest BCUT2D eigenvalue weighted by Gasteiger charge is -2.25. The first-order chi connectivity index (χ1) is 11.1. The van der Waals surface area contributed by atoms with Gasteiger partial charge in [-0.15, -0.1) is 0 Å². The quantitative estimate of drug-likeness (QED) is 0.759. The van der Waals surface area contributed by atoms with Crippen LogP contribution in [-0.2, 0) is 0 Å². The second-order valence-corrected chi connectivity index (χ2v) is 6.23. The fourth-order valence-corrected chi connectivity index (χ4v) is 3.47. The molecule has 0 aliphatic carbocycles. The molecule has 2 aromatic carbocycles. The number of para-hydroxylation sites is 2. The number of nitrogens with zero attached hydrogens (tertiary/aromatic N) is 1. The predicted molar refractivity (Wildman–Crippen MR) is 98.7 cm³/mol. The summed E-state index contributed by atoms with van der Waals surface area (Å²) in [6.07, 6.45) is 1.77. The summed E-state index contributed by atoms with van der Waals surface area (Å²) in [7, 11) is 0. The minimum Gasteiger partial charge on any atom is -0.400 e. The summed E-state index contributed by atoms with van der Waals surface area (Å²) >= 11 is 0. The van der Waals surface area contributed by atoms with Crippen molar-refractivity contribution in [3.05, 3.63) is 83.7 Å². The lowest BCUT2D eigenvalue weighted by atomic mass is 9.94. The van der Waals surface area contributed by atoms with Gasteiger partial charge in [-0.2, -0.15) is 0 Å². The van der Waals surface area contributed by atoms with Crippen molar-refractivity contribution in [1.82, 2.24) is 0 Å². The lowest BCUT2D eigenvalue weighted by molar-refractivity contribution is 0.760. The number of allylic oxidation sites excluding steroid dienone is 2. The SMILES string of the molecule is C=C(C)C/C(N)=C1\C(CC)c2ccccc2N1c1ccccc1. The van der Waals surface area contributed by atoms with Crippen LogP contribution in [0.5, 0.6) is 0 Å². The summed E-state index contributed by atoms with van der Waals surface area (Å²) in [5, 5.41) is 0. The molecule has 0 aromatic heterocycles. The molecule has 0 saturated heterocycles. The smallest absolute Gasteiger partial charge is 0.0498 e. The highest BCUT2D eigenvalue weighted by Gasteiger charge is 2.34. The molecule has 2 aromatic rings. The molecule has 0 radical (unpaired) electrons. The van der Waals surface area contributed by atoms with Crippen molar-refractivity contribution in [3.63, 3.8) is 0 Å². The molecule has 2 heteroatoms. The van der Waals surface area contributed by atoms with E-state index < -0.39 is 0 Å².